The average molecular weight is 1030 g/mol. The minimum Gasteiger partial charge on any atom is -0.509 e. The van der Waals surface area contributed by atoms with Gasteiger partial charge < -0.3 is 23.8 Å². The van der Waals surface area contributed by atoms with Crippen LogP contribution in [0.3, 0.4) is 0 Å². The minimum atomic E-state index is -0.0993. The van der Waals surface area contributed by atoms with Crippen LogP contribution in [-0.2, 0) is 37.3 Å². The molecule has 1 aliphatic rings. The van der Waals surface area contributed by atoms with E-state index in [4.69, 9.17) is 14.5 Å². The van der Waals surface area contributed by atoms with Crippen molar-refractivity contribution in [2.75, 3.05) is 9.80 Å². The quantitative estimate of drug-likeness (QED) is 0.142. The van der Waals surface area contributed by atoms with Crippen LogP contribution in [0.1, 0.15) is 104 Å². The van der Waals surface area contributed by atoms with E-state index in [9.17, 15) is 0 Å². The summed E-state index contributed by atoms with van der Waals surface area (Å²) in [5.74, 6) is 3.83. The van der Waals surface area contributed by atoms with Gasteiger partial charge in [0.2, 0.25) is 0 Å². The van der Waals surface area contributed by atoms with E-state index in [1.807, 2.05) is 36.5 Å². The Balaban J connectivity index is 0.00000560. The maximum atomic E-state index is 6.84. The second-order valence-corrected chi connectivity index (χ2v) is 20.1. The summed E-state index contributed by atoms with van der Waals surface area (Å²) in [5.41, 5.74) is 10.9. The van der Waals surface area contributed by atoms with Crippen LogP contribution < -0.4 is 19.3 Å². The van der Waals surface area contributed by atoms with Crippen molar-refractivity contribution < 1.29 is 30.5 Å². The van der Waals surface area contributed by atoms with E-state index in [0.717, 1.165) is 61.9 Å². The molecule has 0 unspecified atom stereocenters. The van der Waals surface area contributed by atoms with Crippen molar-refractivity contribution in [2.45, 2.75) is 98.3 Å². The number of rotatable bonds is 8. The topological polar surface area (TPSA) is 42.8 Å². The molecule has 0 N–H and O–H groups in total. The Hall–Kier alpha value is -5.84. The molecular weight excluding hydrogens is 968 g/mol. The van der Waals surface area contributed by atoms with E-state index in [0.29, 0.717) is 17.4 Å². The van der Waals surface area contributed by atoms with Gasteiger partial charge in [-0.3, -0.25) is 0 Å². The third-order valence-electron chi connectivity index (χ3n) is 12.0. The third-order valence-corrected chi connectivity index (χ3v) is 12.0. The first kappa shape index (κ1) is 44.8. The smallest absolute Gasteiger partial charge is 0.139 e. The third kappa shape index (κ3) is 8.57. The van der Waals surface area contributed by atoms with Gasteiger partial charge >= 0.3 is 0 Å². The molecule has 330 valence electrons. The van der Waals surface area contributed by atoms with Crippen LogP contribution in [0.2, 0.25) is 0 Å². The summed E-state index contributed by atoms with van der Waals surface area (Å²) < 4.78 is 15.6. The fourth-order valence-corrected chi connectivity index (χ4v) is 8.47. The zero-order valence-electron chi connectivity index (χ0n) is 38.8. The standard InChI is InChI=1S/C57H57N4O2.Pt/c1-37(2)45-21-17-22-48(57(9,10)11)54(45)63-44-28-29-58-53(35-44)61-49-23-13-12-20-46(49)47-27-26-43(34-52(47)61)62-42-19-16-18-40(33-42)59-36-60(51-25-15-14-24-50(51)59)41-31-38(55(3,4)5)30-39(32-41)56(6,7)8;/h12-32,35-37H,1-11H3;/q-3;. The molecule has 0 saturated carbocycles. The number of hydrogen-bond donors (Lipinski definition) is 0. The number of para-hydroxylation sites is 4. The summed E-state index contributed by atoms with van der Waals surface area (Å²) in [5, 5.41) is 2.16. The predicted octanol–water partition coefficient (Wildman–Crippen LogP) is 15.8. The van der Waals surface area contributed by atoms with E-state index >= 15 is 0 Å². The van der Waals surface area contributed by atoms with Crippen LogP contribution in [0, 0.1) is 18.8 Å². The first-order valence-electron chi connectivity index (χ1n) is 22.1. The molecule has 7 heteroatoms. The van der Waals surface area contributed by atoms with Gasteiger partial charge in [-0.2, -0.15) is 12.1 Å². The van der Waals surface area contributed by atoms with Crippen molar-refractivity contribution >= 4 is 44.6 Å². The number of hydrogen-bond acceptors (Lipinski definition) is 5. The average Bonchev–Trinajstić information content (AvgIpc) is 3.79. The van der Waals surface area contributed by atoms with Gasteiger partial charge in [-0.1, -0.05) is 136 Å². The summed E-state index contributed by atoms with van der Waals surface area (Å²) in [6.07, 6.45) is 1.82. The first-order chi connectivity index (χ1) is 29.9. The number of benzene rings is 6. The number of pyridine rings is 1. The fraction of sp³-hybridized carbons (Fsp3) is 0.263. The van der Waals surface area contributed by atoms with Crippen LogP contribution in [0.4, 0.5) is 22.7 Å². The Morgan fingerprint density at radius 1 is 0.594 bits per heavy atom. The number of anilines is 4. The van der Waals surface area contributed by atoms with E-state index in [-0.39, 0.29) is 37.3 Å². The molecule has 6 nitrogen and oxygen atoms in total. The van der Waals surface area contributed by atoms with E-state index in [1.54, 1.807) is 0 Å². The Morgan fingerprint density at radius 2 is 1.25 bits per heavy atom. The summed E-state index contributed by atoms with van der Waals surface area (Å²) >= 11 is 0. The molecule has 0 radical (unpaired) electrons. The maximum absolute atomic E-state index is 6.84. The van der Waals surface area contributed by atoms with Gasteiger partial charge in [0.15, 0.2) is 0 Å². The summed E-state index contributed by atoms with van der Waals surface area (Å²) in [4.78, 5) is 9.39. The maximum Gasteiger partial charge on any atom is 0.139 e. The molecule has 0 fully saturated rings. The Labute approximate surface area is 394 Å². The molecule has 0 atom stereocenters. The molecule has 3 heterocycles. The van der Waals surface area contributed by atoms with Gasteiger partial charge in [0.25, 0.3) is 0 Å². The van der Waals surface area contributed by atoms with Crippen molar-refractivity contribution in [2.24, 2.45) is 0 Å². The van der Waals surface area contributed by atoms with Crippen molar-refractivity contribution in [3.05, 3.63) is 175 Å². The van der Waals surface area contributed by atoms with Gasteiger partial charge in [-0.05, 0) is 80.6 Å². The minimum absolute atomic E-state index is 0. The molecule has 0 bridgehead atoms. The molecule has 2 aromatic heterocycles. The molecule has 0 amide bonds. The van der Waals surface area contributed by atoms with E-state index in [2.05, 4.69) is 206 Å². The van der Waals surface area contributed by atoms with Crippen molar-refractivity contribution in [1.29, 1.82) is 0 Å². The number of fused-ring (bicyclic) bond motifs is 4. The molecule has 1 aliphatic heterocycles. The number of ether oxygens (including phenoxy) is 2. The van der Waals surface area contributed by atoms with Crippen molar-refractivity contribution in [3.8, 4) is 28.8 Å². The molecule has 0 aliphatic carbocycles. The van der Waals surface area contributed by atoms with Gasteiger partial charge in [-0.25, -0.2) is 4.98 Å². The van der Waals surface area contributed by atoms with Gasteiger partial charge in [0, 0.05) is 73.0 Å². The van der Waals surface area contributed by atoms with Gasteiger partial charge in [0.1, 0.15) is 17.3 Å². The number of aromatic nitrogens is 2. The van der Waals surface area contributed by atoms with Crippen LogP contribution >= 0.6 is 0 Å². The van der Waals surface area contributed by atoms with E-state index in [1.165, 1.54) is 22.3 Å². The second-order valence-electron chi connectivity index (χ2n) is 20.1. The second kappa shape index (κ2) is 16.9. The van der Waals surface area contributed by atoms with Crippen LogP contribution in [0.5, 0.6) is 23.0 Å². The molecule has 8 aromatic rings. The molecule has 9 rings (SSSR count). The zero-order chi connectivity index (χ0) is 44.4. The number of nitrogens with zero attached hydrogens (tertiary/aromatic N) is 4. The zero-order valence-corrected chi connectivity index (χ0v) is 41.1. The largest absolute Gasteiger partial charge is 0.509 e. The predicted molar refractivity (Wildman–Crippen MR) is 261 cm³/mol. The van der Waals surface area contributed by atoms with Crippen LogP contribution in [0.25, 0.3) is 27.6 Å². The van der Waals surface area contributed by atoms with Crippen LogP contribution in [-0.4, -0.2) is 9.55 Å². The summed E-state index contributed by atoms with van der Waals surface area (Å²) in [6, 6.07) is 51.7. The first-order valence-corrected chi connectivity index (χ1v) is 22.1. The Kier molecular flexibility index (Phi) is 11.8. The monoisotopic (exact) mass is 1020 g/mol. The molecule has 6 aromatic carbocycles. The van der Waals surface area contributed by atoms with E-state index < -0.39 is 0 Å². The van der Waals surface area contributed by atoms with Gasteiger partial charge in [-0.15, -0.1) is 48.1 Å². The summed E-state index contributed by atoms with van der Waals surface area (Å²) in [7, 11) is 0. The molecular formula is C57H57N4O2Pt-3. The summed E-state index contributed by atoms with van der Waals surface area (Å²) in [6.45, 7) is 27.0. The Morgan fingerprint density at radius 3 is 1.94 bits per heavy atom. The molecule has 0 spiro atoms. The normalized spacial score (nSPS) is 13.1. The molecule has 64 heavy (non-hydrogen) atoms. The van der Waals surface area contributed by atoms with Crippen molar-refractivity contribution in [1.82, 2.24) is 9.55 Å². The SMILES string of the molecule is CC(C)c1cccc(C(C)(C)C)c1Oc1ccnc(-n2c3[c-]c(Oc4[c-]c(N5[CH-]N(c6cc(C(C)(C)C)cc(C(C)(C)C)c6)c6ccccc65)ccc4)ccc3c3ccccc32)c1.[Pt]. The van der Waals surface area contributed by atoms with Crippen molar-refractivity contribution in [3.63, 3.8) is 0 Å². The van der Waals surface area contributed by atoms with Crippen LogP contribution in [0.15, 0.2) is 134 Å². The Bertz CT molecular complexity index is 2970. The van der Waals surface area contributed by atoms with Gasteiger partial charge in [0.05, 0.1) is 0 Å². The fourth-order valence-electron chi connectivity index (χ4n) is 8.47. The molecule has 0 saturated heterocycles.